The first-order valence-electron chi connectivity index (χ1n) is 5.43. The molecule has 2 nitrogen and oxygen atoms in total. The first-order chi connectivity index (χ1) is 6.38. The molecule has 0 aromatic rings. The average Bonchev–Trinajstić information content (AvgIpc) is 3.06. The highest BCUT2D eigenvalue weighted by Gasteiger charge is 3.05. The zero-order valence-electron chi connectivity index (χ0n) is 7.10. The molecule has 7 fully saturated rings. The van der Waals surface area contributed by atoms with Crippen molar-refractivity contribution in [3.05, 3.63) is 0 Å². The maximum Gasteiger partial charge on any atom is 0.0984 e. The molecule has 1 aliphatic heterocycles. The Labute approximate surface area is 75.9 Å². The lowest BCUT2D eigenvalue weighted by Crippen LogP contribution is -2.23. The molecule has 1 heterocycles. The molecule has 1 saturated heterocycles. The highest BCUT2D eigenvalue weighted by molar-refractivity contribution is 5.54. The van der Waals surface area contributed by atoms with Gasteiger partial charge in [0.25, 0.3) is 0 Å². The summed E-state index contributed by atoms with van der Waals surface area (Å²) in [6, 6.07) is 2.67. The molecule has 7 aliphatic rings. The van der Waals surface area contributed by atoms with Gasteiger partial charge in [-0.05, 0) is 41.4 Å². The molecule has 0 aromatic carbocycles. The van der Waals surface area contributed by atoms with Crippen molar-refractivity contribution in [1.82, 2.24) is 0 Å². The van der Waals surface area contributed by atoms with Gasteiger partial charge in [-0.15, -0.1) is 0 Å². The smallest absolute Gasteiger partial charge is 0.0984 e. The van der Waals surface area contributed by atoms with Crippen LogP contribution < -0.4 is 0 Å². The molecule has 0 aromatic heterocycles. The van der Waals surface area contributed by atoms with Crippen LogP contribution >= 0.6 is 0 Å². The van der Waals surface area contributed by atoms with Crippen molar-refractivity contribution in [3.63, 3.8) is 0 Å². The third-order valence-corrected chi connectivity index (χ3v) is 6.47. The van der Waals surface area contributed by atoms with Crippen LogP contribution in [0.2, 0.25) is 0 Å². The van der Waals surface area contributed by atoms with Crippen molar-refractivity contribution in [2.24, 2.45) is 46.8 Å². The van der Waals surface area contributed by atoms with Gasteiger partial charge >= 0.3 is 0 Å². The van der Waals surface area contributed by atoms with Crippen LogP contribution in [0.4, 0.5) is 0 Å². The van der Waals surface area contributed by atoms with Gasteiger partial charge in [-0.1, -0.05) is 0 Å². The van der Waals surface area contributed by atoms with Gasteiger partial charge in [-0.25, -0.2) is 0 Å². The van der Waals surface area contributed by atoms with Crippen LogP contribution in [0.3, 0.4) is 0 Å². The quantitative estimate of drug-likeness (QED) is 0.502. The number of rotatable bonds is 0. The van der Waals surface area contributed by atoms with E-state index < -0.39 is 0 Å². The lowest BCUT2D eigenvalue weighted by atomic mass is 9.90. The Balaban J connectivity index is 1.74. The third-order valence-electron chi connectivity index (χ3n) is 6.47. The first-order valence-corrected chi connectivity index (χ1v) is 5.43. The third kappa shape index (κ3) is 0.239. The fraction of sp³-hybridized carbons (Fsp3) is 0.909. The number of hydrogen-bond donors (Lipinski definition) is 0. The van der Waals surface area contributed by atoms with E-state index >= 15 is 0 Å². The normalized spacial score (nSPS) is 91.8. The van der Waals surface area contributed by atoms with Gasteiger partial charge in [0.15, 0.2) is 0 Å². The Hall–Kier alpha value is -0.550. The molecule has 1 spiro atoms. The van der Waals surface area contributed by atoms with Gasteiger partial charge in [0.1, 0.15) is 0 Å². The molecule has 2 heteroatoms. The monoisotopic (exact) mass is 171 g/mol. The largest absolute Gasteiger partial charge is 0.369 e. The molecule has 64 valence electrons. The van der Waals surface area contributed by atoms with Crippen LogP contribution in [0.25, 0.3) is 0 Å². The average molecular weight is 171 g/mol. The van der Waals surface area contributed by atoms with Crippen LogP contribution in [-0.4, -0.2) is 12.2 Å². The van der Waals surface area contributed by atoms with Crippen LogP contribution in [-0.2, 0) is 4.74 Å². The van der Waals surface area contributed by atoms with Crippen LogP contribution in [0, 0.1) is 58.2 Å². The number of epoxide rings is 1. The Bertz CT molecular complexity index is 406. The fourth-order valence-corrected chi connectivity index (χ4v) is 6.52. The molecule has 13 heavy (non-hydrogen) atoms. The van der Waals surface area contributed by atoms with E-state index in [1.807, 2.05) is 0 Å². The van der Waals surface area contributed by atoms with Gasteiger partial charge in [0.05, 0.1) is 23.7 Å². The second-order valence-corrected chi connectivity index (χ2v) is 6.07. The molecule has 6 aliphatic carbocycles. The maximum atomic E-state index is 9.30. The highest BCUT2D eigenvalue weighted by Crippen LogP contribution is 3.03. The van der Waals surface area contributed by atoms with Gasteiger partial charge in [-0.3, -0.25) is 0 Å². The molecule has 2 bridgehead atoms. The summed E-state index contributed by atoms with van der Waals surface area (Å²) in [5.74, 6) is 6.02. The molecule has 6 atom stereocenters. The summed E-state index contributed by atoms with van der Waals surface area (Å²) in [5.41, 5.74) is 0.569. The second kappa shape index (κ2) is 0.995. The van der Waals surface area contributed by atoms with Gasteiger partial charge in [0, 0.05) is 0 Å². The SMILES string of the molecule is N#CC12C3C4C3C3C1C2C4C31CO1. The van der Waals surface area contributed by atoms with Crippen molar-refractivity contribution in [1.29, 1.82) is 5.26 Å². The fourth-order valence-electron chi connectivity index (χ4n) is 6.52. The summed E-state index contributed by atoms with van der Waals surface area (Å²) in [6.45, 7) is 1.04. The van der Waals surface area contributed by atoms with E-state index in [-0.39, 0.29) is 5.41 Å². The predicted molar refractivity (Wildman–Crippen MR) is 41.2 cm³/mol. The second-order valence-electron chi connectivity index (χ2n) is 6.07. The summed E-state index contributed by atoms with van der Waals surface area (Å²) in [6.07, 6.45) is 0. The predicted octanol–water partition coefficient (Wildman–Crippen LogP) is 0.647. The van der Waals surface area contributed by atoms with Crippen molar-refractivity contribution < 1.29 is 4.74 Å². The van der Waals surface area contributed by atoms with Gasteiger partial charge < -0.3 is 4.74 Å². The standard InChI is InChI=1S/C11H9NO/c12-1-10-5-3-4(5)7-9(10)8(10)6(3)11(7)2-13-11/h3-9H,2H2. The molecular weight excluding hydrogens is 162 g/mol. The van der Waals surface area contributed by atoms with Gasteiger partial charge in [0.2, 0.25) is 0 Å². The molecule has 0 N–H and O–H groups in total. The summed E-state index contributed by atoms with van der Waals surface area (Å²) in [4.78, 5) is 0. The molecule has 6 unspecified atom stereocenters. The van der Waals surface area contributed by atoms with Crippen LogP contribution in [0.5, 0.6) is 0 Å². The molecule has 6 saturated carbocycles. The van der Waals surface area contributed by atoms with Crippen LogP contribution in [0.15, 0.2) is 0 Å². The van der Waals surface area contributed by atoms with Gasteiger partial charge in [-0.2, -0.15) is 5.26 Å². The van der Waals surface area contributed by atoms with E-state index in [1.54, 1.807) is 0 Å². The Morgan fingerprint density at radius 3 is 2.08 bits per heavy atom. The van der Waals surface area contributed by atoms with Crippen molar-refractivity contribution in [3.8, 4) is 6.07 Å². The van der Waals surface area contributed by atoms with E-state index in [0.717, 1.165) is 48.0 Å². The lowest BCUT2D eigenvalue weighted by molar-refractivity contribution is 0.205. The minimum Gasteiger partial charge on any atom is -0.369 e. The molecular formula is C11H9NO. The van der Waals surface area contributed by atoms with E-state index in [4.69, 9.17) is 4.74 Å². The zero-order chi connectivity index (χ0) is 8.16. The van der Waals surface area contributed by atoms with Crippen molar-refractivity contribution in [2.75, 3.05) is 6.61 Å². The summed E-state index contributed by atoms with van der Waals surface area (Å²) >= 11 is 0. The van der Waals surface area contributed by atoms with Crippen molar-refractivity contribution >= 4 is 0 Å². The number of hydrogen-bond acceptors (Lipinski definition) is 2. The summed E-state index contributed by atoms with van der Waals surface area (Å²) in [5, 5.41) is 9.30. The van der Waals surface area contributed by atoms with E-state index in [1.165, 1.54) is 0 Å². The van der Waals surface area contributed by atoms with E-state index in [2.05, 4.69) is 6.07 Å². The zero-order valence-corrected chi connectivity index (χ0v) is 7.10. The highest BCUT2D eigenvalue weighted by atomic mass is 16.6. The first kappa shape index (κ1) is 5.36. The topological polar surface area (TPSA) is 36.3 Å². The van der Waals surface area contributed by atoms with E-state index in [0.29, 0.717) is 5.60 Å². The molecule has 0 radical (unpaired) electrons. The number of ether oxygens (including phenoxy) is 1. The molecule has 0 amide bonds. The van der Waals surface area contributed by atoms with Crippen molar-refractivity contribution in [2.45, 2.75) is 5.60 Å². The van der Waals surface area contributed by atoms with Crippen LogP contribution in [0.1, 0.15) is 0 Å². The lowest BCUT2D eigenvalue weighted by Gasteiger charge is -2.13. The van der Waals surface area contributed by atoms with E-state index in [9.17, 15) is 5.26 Å². The number of nitriles is 1. The summed E-state index contributed by atoms with van der Waals surface area (Å²) in [7, 11) is 0. The minimum absolute atomic E-state index is 0.210. The number of nitrogens with zero attached hydrogens (tertiary/aromatic N) is 1. The maximum absolute atomic E-state index is 9.30. The summed E-state index contributed by atoms with van der Waals surface area (Å²) < 4.78 is 5.74. The minimum atomic E-state index is 0.210. The Morgan fingerprint density at radius 2 is 1.69 bits per heavy atom. The Morgan fingerprint density at radius 1 is 1.08 bits per heavy atom. The molecule has 7 rings (SSSR count). The Kier molecular flexibility index (Phi) is 0.410.